The molecule has 0 aliphatic heterocycles. The van der Waals surface area contributed by atoms with Crippen LogP contribution in [0.5, 0.6) is 11.5 Å². The number of ether oxygens (including phenoxy) is 1. The molecule has 4 heteroatoms. The molecule has 17 heavy (non-hydrogen) atoms. The van der Waals surface area contributed by atoms with Crippen molar-refractivity contribution < 1.29 is 4.74 Å². The summed E-state index contributed by atoms with van der Waals surface area (Å²) in [5.41, 5.74) is 12.7. The van der Waals surface area contributed by atoms with Crippen LogP contribution in [-0.4, -0.2) is 0 Å². The topological polar surface area (TPSA) is 85.1 Å². The van der Waals surface area contributed by atoms with E-state index in [0.717, 1.165) is 0 Å². The Morgan fingerprint density at radius 2 is 1.76 bits per heavy atom. The van der Waals surface area contributed by atoms with Crippen LogP contribution in [0.15, 0.2) is 42.5 Å². The molecule has 0 saturated heterocycles. The molecule has 0 spiro atoms. The Hall–Kier alpha value is -2.67. The maximum atomic E-state index is 8.92. The summed E-state index contributed by atoms with van der Waals surface area (Å²) in [6.45, 7) is 0. The van der Waals surface area contributed by atoms with E-state index in [-0.39, 0.29) is 0 Å². The fraction of sp³-hybridized carbons (Fsp3) is 0. The second-order valence-electron chi connectivity index (χ2n) is 3.50. The van der Waals surface area contributed by atoms with E-state index in [1.807, 2.05) is 0 Å². The second kappa shape index (κ2) is 4.45. The molecule has 2 aromatic carbocycles. The molecule has 0 aromatic heterocycles. The Morgan fingerprint density at radius 1 is 1.00 bits per heavy atom. The maximum absolute atomic E-state index is 8.92. The molecule has 0 amide bonds. The van der Waals surface area contributed by atoms with Gasteiger partial charge in [-0.25, -0.2) is 0 Å². The molecule has 0 saturated carbocycles. The van der Waals surface area contributed by atoms with Crippen LogP contribution in [0.4, 0.5) is 11.4 Å². The van der Waals surface area contributed by atoms with Gasteiger partial charge in [0.15, 0.2) is 0 Å². The third-order valence-electron chi connectivity index (χ3n) is 2.29. The van der Waals surface area contributed by atoms with Crippen molar-refractivity contribution in [1.29, 1.82) is 5.26 Å². The minimum absolute atomic E-state index is 0.455. The van der Waals surface area contributed by atoms with Gasteiger partial charge in [-0.2, -0.15) is 5.26 Å². The predicted molar refractivity (Wildman–Crippen MR) is 66.5 cm³/mol. The van der Waals surface area contributed by atoms with Crippen LogP contribution in [0, 0.1) is 11.3 Å². The Bertz CT molecular complexity index is 587. The van der Waals surface area contributed by atoms with Crippen molar-refractivity contribution >= 4 is 11.4 Å². The predicted octanol–water partition coefficient (Wildman–Crippen LogP) is 2.51. The number of nitrogens with zero attached hydrogens (tertiary/aromatic N) is 1. The first-order valence-corrected chi connectivity index (χ1v) is 5.02. The fourth-order valence-corrected chi connectivity index (χ4v) is 1.39. The van der Waals surface area contributed by atoms with Crippen molar-refractivity contribution in [2.24, 2.45) is 0 Å². The molecule has 0 aliphatic carbocycles. The van der Waals surface area contributed by atoms with E-state index in [9.17, 15) is 0 Å². The van der Waals surface area contributed by atoms with Gasteiger partial charge in [-0.1, -0.05) is 12.1 Å². The zero-order valence-electron chi connectivity index (χ0n) is 9.05. The van der Waals surface area contributed by atoms with Crippen molar-refractivity contribution in [3.8, 4) is 17.6 Å². The highest BCUT2D eigenvalue weighted by molar-refractivity contribution is 5.65. The standard InChI is InChI=1S/C13H11N3O/c14-8-9-3-1-2-4-13(9)17-10-5-6-11(15)12(16)7-10/h1-7H,15-16H2. The SMILES string of the molecule is N#Cc1ccccc1Oc1ccc(N)c(N)c1. The van der Waals surface area contributed by atoms with E-state index >= 15 is 0 Å². The van der Waals surface area contributed by atoms with Gasteiger partial charge in [0, 0.05) is 6.07 Å². The second-order valence-corrected chi connectivity index (χ2v) is 3.50. The molecule has 2 rings (SSSR count). The number of para-hydroxylation sites is 1. The molecule has 4 nitrogen and oxygen atoms in total. The Morgan fingerprint density at radius 3 is 2.47 bits per heavy atom. The fourth-order valence-electron chi connectivity index (χ4n) is 1.39. The van der Waals surface area contributed by atoms with E-state index in [0.29, 0.717) is 28.4 Å². The Labute approximate surface area is 99.0 Å². The number of rotatable bonds is 2. The molecule has 0 aliphatic rings. The molecule has 0 bridgehead atoms. The third-order valence-corrected chi connectivity index (χ3v) is 2.29. The maximum Gasteiger partial charge on any atom is 0.145 e. The van der Waals surface area contributed by atoms with E-state index < -0.39 is 0 Å². The van der Waals surface area contributed by atoms with Crippen LogP contribution in [-0.2, 0) is 0 Å². The molecule has 0 heterocycles. The molecule has 0 fully saturated rings. The molecule has 84 valence electrons. The first kappa shape index (κ1) is 10.8. The molecule has 0 atom stereocenters. The van der Waals surface area contributed by atoms with Crippen LogP contribution in [0.25, 0.3) is 0 Å². The zero-order valence-corrected chi connectivity index (χ0v) is 9.05. The van der Waals surface area contributed by atoms with E-state index in [1.165, 1.54) is 0 Å². The number of hydrogen-bond donors (Lipinski definition) is 2. The largest absolute Gasteiger partial charge is 0.456 e. The third kappa shape index (κ3) is 2.29. The molecule has 4 N–H and O–H groups in total. The van der Waals surface area contributed by atoms with Gasteiger partial charge in [-0.3, -0.25) is 0 Å². The minimum atomic E-state index is 0.455. The van der Waals surface area contributed by atoms with Gasteiger partial charge in [0.25, 0.3) is 0 Å². The highest BCUT2D eigenvalue weighted by Gasteiger charge is 2.04. The normalized spacial score (nSPS) is 9.59. The summed E-state index contributed by atoms with van der Waals surface area (Å²) in [6, 6.07) is 14.1. The number of hydrogen-bond acceptors (Lipinski definition) is 4. The van der Waals surface area contributed by atoms with Crippen LogP contribution in [0.2, 0.25) is 0 Å². The highest BCUT2D eigenvalue weighted by Crippen LogP contribution is 2.28. The zero-order chi connectivity index (χ0) is 12.3. The summed E-state index contributed by atoms with van der Waals surface area (Å²) in [6.07, 6.45) is 0. The molecule has 0 unspecified atom stereocenters. The van der Waals surface area contributed by atoms with Crippen LogP contribution < -0.4 is 16.2 Å². The van der Waals surface area contributed by atoms with Gasteiger partial charge in [-0.05, 0) is 24.3 Å². The average Bonchev–Trinajstić information content (AvgIpc) is 2.34. The monoisotopic (exact) mass is 225 g/mol. The van der Waals surface area contributed by atoms with Crippen LogP contribution in [0.1, 0.15) is 5.56 Å². The van der Waals surface area contributed by atoms with E-state index in [2.05, 4.69) is 6.07 Å². The lowest BCUT2D eigenvalue weighted by Gasteiger charge is -2.08. The smallest absolute Gasteiger partial charge is 0.145 e. The lowest BCUT2D eigenvalue weighted by Crippen LogP contribution is -1.95. The average molecular weight is 225 g/mol. The summed E-state index contributed by atoms with van der Waals surface area (Å²) in [4.78, 5) is 0. The number of nitriles is 1. The van der Waals surface area contributed by atoms with E-state index in [1.54, 1.807) is 42.5 Å². The Kier molecular flexibility index (Phi) is 2.84. The van der Waals surface area contributed by atoms with Gasteiger partial charge in [0.05, 0.1) is 16.9 Å². The summed E-state index contributed by atoms with van der Waals surface area (Å²) in [7, 11) is 0. The first-order valence-electron chi connectivity index (χ1n) is 5.02. The number of nitrogen functional groups attached to an aromatic ring is 2. The summed E-state index contributed by atoms with van der Waals surface area (Å²) < 4.78 is 5.58. The Balaban J connectivity index is 2.32. The van der Waals surface area contributed by atoms with Gasteiger partial charge < -0.3 is 16.2 Å². The molecule has 2 aromatic rings. The van der Waals surface area contributed by atoms with Crippen LogP contribution in [0.3, 0.4) is 0 Å². The quantitative estimate of drug-likeness (QED) is 0.769. The molecule has 0 radical (unpaired) electrons. The van der Waals surface area contributed by atoms with Crippen molar-refractivity contribution in [3.63, 3.8) is 0 Å². The van der Waals surface area contributed by atoms with Crippen molar-refractivity contribution in [3.05, 3.63) is 48.0 Å². The molecular formula is C13H11N3O. The summed E-state index contributed by atoms with van der Waals surface area (Å²) >= 11 is 0. The summed E-state index contributed by atoms with van der Waals surface area (Å²) in [5, 5.41) is 8.92. The van der Waals surface area contributed by atoms with Crippen molar-refractivity contribution in [1.82, 2.24) is 0 Å². The first-order chi connectivity index (χ1) is 8.20. The van der Waals surface area contributed by atoms with Crippen molar-refractivity contribution in [2.75, 3.05) is 11.5 Å². The van der Waals surface area contributed by atoms with Gasteiger partial charge in [-0.15, -0.1) is 0 Å². The number of anilines is 2. The lowest BCUT2D eigenvalue weighted by molar-refractivity contribution is 0.481. The number of benzene rings is 2. The van der Waals surface area contributed by atoms with E-state index in [4.69, 9.17) is 21.5 Å². The number of nitrogens with two attached hydrogens (primary N) is 2. The van der Waals surface area contributed by atoms with Gasteiger partial charge in [0.2, 0.25) is 0 Å². The van der Waals surface area contributed by atoms with Gasteiger partial charge >= 0.3 is 0 Å². The minimum Gasteiger partial charge on any atom is -0.456 e. The molecular weight excluding hydrogens is 214 g/mol. The highest BCUT2D eigenvalue weighted by atomic mass is 16.5. The summed E-state index contributed by atoms with van der Waals surface area (Å²) in [5.74, 6) is 1.05. The van der Waals surface area contributed by atoms with Crippen molar-refractivity contribution in [2.45, 2.75) is 0 Å². The lowest BCUT2D eigenvalue weighted by atomic mass is 10.2. The van der Waals surface area contributed by atoms with Crippen LogP contribution >= 0.6 is 0 Å². The van der Waals surface area contributed by atoms with Gasteiger partial charge in [0.1, 0.15) is 17.6 Å².